The first kappa shape index (κ1) is 20.5. The maximum absolute atomic E-state index is 13.1. The molecule has 0 bridgehead atoms. The van der Waals surface area contributed by atoms with Gasteiger partial charge < -0.3 is 10.2 Å². The highest BCUT2D eigenvalue weighted by Gasteiger charge is 2.18. The Bertz CT molecular complexity index is 909. The Morgan fingerprint density at radius 1 is 0.966 bits per heavy atom. The van der Waals surface area contributed by atoms with Crippen molar-refractivity contribution in [2.24, 2.45) is 0 Å². The smallest absolute Gasteiger partial charge is 0.272 e. The van der Waals surface area contributed by atoms with Crippen molar-refractivity contribution in [1.29, 1.82) is 0 Å². The summed E-state index contributed by atoms with van der Waals surface area (Å²) < 4.78 is 0. The fourth-order valence-corrected chi connectivity index (χ4v) is 3.06. The fourth-order valence-electron chi connectivity index (χ4n) is 3.06. The van der Waals surface area contributed by atoms with Crippen molar-refractivity contribution in [2.75, 3.05) is 18.4 Å². The highest BCUT2D eigenvalue weighted by molar-refractivity contribution is 5.93. The topological polar surface area (TPSA) is 71.0 Å². The van der Waals surface area contributed by atoms with Crippen LogP contribution in [0.4, 0.5) is 5.82 Å². The molecule has 0 spiro atoms. The Kier molecular flexibility index (Phi) is 7.28. The Balaban J connectivity index is 1.93. The van der Waals surface area contributed by atoms with Crippen LogP contribution in [0.25, 0.3) is 11.4 Å². The third-order valence-electron chi connectivity index (χ3n) is 4.43. The summed E-state index contributed by atoms with van der Waals surface area (Å²) in [7, 11) is 0. The standard InChI is InChI=1S/C23H27N5O/c1-3-14-28(15-4-2)23(29)20-16-21(25-17-19-12-8-9-13-24-19)27-22(26-20)18-10-6-5-7-11-18/h5-13,16H,3-4,14-15,17H2,1-2H3,(H,25,26,27). The molecule has 2 aromatic heterocycles. The first-order chi connectivity index (χ1) is 14.2. The molecular formula is C23H27N5O. The van der Waals surface area contributed by atoms with E-state index in [1.165, 1.54) is 0 Å². The fraction of sp³-hybridized carbons (Fsp3) is 0.304. The predicted octanol–water partition coefficient (Wildman–Crippen LogP) is 4.41. The van der Waals surface area contributed by atoms with Gasteiger partial charge in [-0.3, -0.25) is 9.78 Å². The molecular weight excluding hydrogens is 362 g/mol. The van der Waals surface area contributed by atoms with Crippen LogP contribution in [0.3, 0.4) is 0 Å². The normalized spacial score (nSPS) is 10.6. The van der Waals surface area contributed by atoms with Gasteiger partial charge in [0.05, 0.1) is 12.2 Å². The number of hydrogen-bond donors (Lipinski definition) is 1. The number of benzene rings is 1. The highest BCUT2D eigenvalue weighted by Crippen LogP contribution is 2.19. The lowest BCUT2D eigenvalue weighted by Gasteiger charge is -2.21. The van der Waals surface area contributed by atoms with Crippen molar-refractivity contribution in [2.45, 2.75) is 33.2 Å². The van der Waals surface area contributed by atoms with Crippen LogP contribution in [0.1, 0.15) is 42.9 Å². The van der Waals surface area contributed by atoms with E-state index in [1.807, 2.05) is 53.4 Å². The molecule has 0 aliphatic carbocycles. The zero-order valence-corrected chi connectivity index (χ0v) is 17.0. The van der Waals surface area contributed by atoms with Gasteiger partial charge in [-0.1, -0.05) is 50.2 Å². The number of carbonyl (C=O) groups excluding carboxylic acids is 1. The van der Waals surface area contributed by atoms with E-state index in [0.29, 0.717) is 37.0 Å². The Hall–Kier alpha value is -3.28. The summed E-state index contributed by atoms with van der Waals surface area (Å²) in [6.07, 6.45) is 3.58. The number of aromatic nitrogens is 3. The Morgan fingerprint density at radius 3 is 2.34 bits per heavy atom. The summed E-state index contributed by atoms with van der Waals surface area (Å²) in [5.41, 5.74) is 2.18. The van der Waals surface area contributed by atoms with Crippen LogP contribution in [-0.4, -0.2) is 38.8 Å². The van der Waals surface area contributed by atoms with Gasteiger partial charge in [0.15, 0.2) is 5.82 Å². The number of nitrogens with zero attached hydrogens (tertiary/aromatic N) is 4. The van der Waals surface area contributed by atoms with Crippen molar-refractivity contribution in [1.82, 2.24) is 19.9 Å². The van der Waals surface area contributed by atoms with Gasteiger partial charge in [0.2, 0.25) is 0 Å². The molecule has 3 rings (SSSR count). The molecule has 1 aromatic carbocycles. The highest BCUT2D eigenvalue weighted by atomic mass is 16.2. The summed E-state index contributed by atoms with van der Waals surface area (Å²) in [6.45, 7) is 6.10. The van der Waals surface area contributed by atoms with Crippen molar-refractivity contribution < 1.29 is 4.79 Å². The van der Waals surface area contributed by atoms with Crippen LogP contribution >= 0.6 is 0 Å². The average Bonchev–Trinajstić information content (AvgIpc) is 2.78. The molecule has 0 saturated carbocycles. The SMILES string of the molecule is CCCN(CCC)C(=O)c1cc(NCc2ccccn2)nc(-c2ccccc2)n1. The van der Waals surface area contributed by atoms with Crippen molar-refractivity contribution in [3.05, 3.63) is 72.2 Å². The maximum atomic E-state index is 13.1. The molecule has 0 aliphatic rings. The van der Waals surface area contributed by atoms with Crippen molar-refractivity contribution in [3.8, 4) is 11.4 Å². The van der Waals surface area contributed by atoms with E-state index in [0.717, 1.165) is 24.1 Å². The number of nitrogens with one attached hydrogen (secondary N) is 1. The molecule has 0 atom stereocenters. The third-order valence-corrected chi connectivity index (χ3v) is 4.43. The Morgan fingerprint density at radius 2 is 1.69 bits per heavy atom. The van der Waals surface area contributed by atoms with Gasteiger partial charge in [0.25, 0.3) is 5.91 Å². The monoisotopic (exact) mass is 389 g/mol. The maximum Gasteiger partial charge on any atom is 0.272 e. The second-order valence-electron chi connectivity index (χ2n) is 6.79. The molecule has 0 unspecified atom stereocenters. The predicted molar refractivity (Wildman–Crippen MR) is 116 cm³/mol. The van der Waals surface area contributed by atoms with Crippen LogP contribution in [0.15, 0.2) is 60.8 Å². The summed E-state index contributed by atoms with van der Waals surface area (Å²) in [4.78, 5) is 28.5. The van der Waals surface area contributed by atoms with Crippen LogP contribution in [0, 0.1) is 0 Å². The molecule has 0 radical (unpaired) electrons. The van der Waals surface area contributed by atoms with Gasteiger partial charge in [-0.25, -0.2) is 9.97 Å². The second kappa shape index (κ2) is 10.3. The van der Waals surface area contributed by atoms with Crippen LogP contribution in [0.2, 0.25) is 0 Å². The molecule has 2 heterocycles. The molecule has 1 amide bonds. The van der Waals surface area contributed by atoms with Gasteiger partial charge in [-0.15, -0.1) is 0 Å². The number of carbonyl (C=O) groups is 1. The lowest BCUT2D eigenvalue weighted by molar-refractivity contribution is 0.0749. The van der Waals surface area contributed by atoms with E-state index in [2.05, 4.69) is 34.1 Å². The summed E-state index contributed by atoms with van der Waals surface area (Å²) in [5.74, 6) is 1.09. The van der Waals surface area contributed by atoms with E-state index in [1.54, 1.807) is 12.3 Å². The van der Waals surface area contributed by atoms with Crippen molar-refractivity contribution in [3.63, 3.8) is 0 Å². The quantitative estimate of drug-likeness (QED) is 0.587. The van der Waals surface area contributed by atoms with Crippen LogP contribution in [-0.2, 0) is 6.54 Å². The molecule has 0 saturated heterocycles. The number of anilines is 1. The molecule has 6 heteroatoms. The zero-order chi connectivity index (χ0) is 20.5. The largest absolute Gasteiger partial charge is 0.364 e. The van der Waals surface area contributed by atoms with E-state index >= 15 is 0 Å². The van der Waals surface area contributed by atoms with Gasteiger partial charge in [0, 0.05) is 30.9 Å². The van der Waals surface area contributed by atoms with Gasteiger partial charge in [-0.05, 0) is 25.0 Å². The third kappa shape index (κ3) is 5.60. The number of hydrogen-bond acceptors (Lipinski definition) is 5. The molecule has 3 aromatic rings. The van der Waals surface area contributed by atoms with Crippen LogP contribution < -0.4 is 5.32 Å². The van der Waals surface area contributed by atoms with Crippen LogP contribution in [0.5, 0.6) is 0 Å². The first-order valence-corrected chi connectivity index (χ1v) is 10.1. The van der Waals surface area contributed by atoms with E-state index in [9.17, 15) is 4.79 Å². The second-order valence-corrected chi connectivity index (χ2v) is 6.79. The molecule has 6 nitrogen and oxygen atoms in total. The van der Waals surface area contributed by atoms with Gasteiger partial charge in [0.1, 0.15) is 11.5 Å². The minimum absolute atomic E-state index is 0.0610. The summed E-state index contributed by atoms with van der Waals surface area (Å²) in [5, 5.41) is 3.28. The first-order valence-electron chi connectivity index (χ1n) is 10.1. The molecule has 0 aliphatic heterocycles. The number of pyridine rings is 1. The van der Waals surface area contributed by atoms with Gasteiger partial charge in [-0.2, -0.15) is 0 Å². The molecule has 1 N–H and O–H groups in total. The van der Waals surface area contributed by atoms with Gasteiger partial charge >= 0.3 is 0 Å². The molecule has 150 valence electrons. The number of amides is 1. The van der Waals surface area contributed by atoms with Crippen molar-refractivity contribution >= 4 is 11.7 Å². The van der Waals surface area contributed by atoms with E-state index < -0.39 is 0 Å². The van der Waals surface area contributed by atoms with E-state index in [4.69, 9.17) is 0 Å². The van der Waals surface area contributed by atoms with E-state index in [-0.39, 0.29) is 5.91 Å². The Labute approximate surface area is 172 Å². The average molecular weight is 390 g/mol. The molecule has 29 heavy (non-hydrogen) atoms. The summed E-state index contributed by atoms with van der Waals surface area (Å²) in [6, 6.07) is 17.2. The lowest BCUT2D eigenvalue weighted by Crippen LogP contribution is -2.33. The lowest BCUT2D eigenvalue weighted by atomic mass is 10.2. The number of rotatable bonds is 9. The minimum Gasteiger partial charge on any atom is -0.364 e. The minimum atomic E-state index is -0.0610. The molecule has 0 fully saturated rings. The summed E-state index contributed by atoms with van der Waals surface area (Å²) >= 11 is 0. The zero-order valence-electron chi connectivity index (χ0n) is 17.0.